The summed E-state index contributed by atoms with van der Waals surface area (Å²) in [7, 11) is 1.68. The van der Waals surface area contributed by atoms with Crippen molar-refractivity contribution in [2.24, 2.45) is 0 Å². The molecule has 2 aromatic heterocycles. The van der Waals surface area contributed by atoms with Gasteiger partial charge in [-0.3, -0.25) is 9.69 Å². The van der Waals surface area contributed by atoms with Crippen molar-refractivity contribution >= 4 is 16.6 Å². The molecule has 3 aromatic carbocycles. The highest BCUT2D eigenvalue weighted by molar-refractivity contribution is 5.83. The van der Waals surface area contributed by atoms with Crippen LogP contribution < -0.4 is 15.2 Å². The van der Waals surface area contributed by atoms with E-state index in [4.69, 9.17) is 4.74 Å². The van der Waals surface area contributed by atoms with E-state index in [0.717, 1.165) is 66.1 Å². The summed E-state index contributed by atoms with van der Waals surface area (Å²) in [6, 6.07) is 24.3. The van der Waals surface area contributed by atoms with Crippen LogP contribution in [0.25, 0.3) is 10.9 Å². The Labute approximate surface area is 239 Å². The molecule has 1 aliphatic rings. The van der Waals surface area contributed by atoms with Gasteiger partial charge in [-0.1, -0.05) is 42.5 Å². The van der Waals surface area contributed by atoms with Crippen LogP contribution in [0.15, 0.2) is 77.6 Å². The van der Waals surface area contributed by atoms with Crippen LogP contribution in [-0.4, -0.2) is 63.4 Å². The molecule has 1 saturated heterocycles. The minimum Gasteiger partial charge on any atom is -0.497 e. The topological polar surface area (TPSA) is 92.2 Å². The fourth-order valence-electron chi connectivity index (χ4n) is 5.72. The van der Waals surface area contributed by atoms with Gasteiger partial charge in [-0.05, 0) is 83.1 Å². The summed E-state index contributed by atoms with van der Waals surface area (Å²) in [5, 5.41) is 14.0. The normalized spacial score (nSPS) is 14.9. The summed E-state index contributed by atoms with van der Waals surface area (Å²) in [5.41, 5.74) is 6.05. The first-order chi connectivity index (χ1) is 20.0. The molecule has 5 aromatic rings. The van der Waals surface area contributed by atoms with E-state index in [9.17, 15) is 4.79 Å². The number of benzene rings is 3. The van der Waals surface area contributed by atoms with E-state index >= 15 is 0 Å². The number of hydrogen-bond acceptors (Lipinski definition) is 7. The number of anilines is 1. The number of nitrogens with zero attached hydrogens (tertiary/aromatic N) is 6. The molecule has 6 rings (SSSR count). The smallest absolute Gasteiger partial charge is 0.253 e. The summed E-state index contributed by atoms with van der Waals surface area (Å²) in [4.78, 5) is 21.6. The van der Waals surface area contributed by atoms with Crippen molar-refractivity contribution in [3.05, 3.63) is 111 Å². The van der Waals surface area contributed by atoms with Gasteiger partial charge in [-0.15, -0.1) is 5.10 Å². The quantitative estimate of drug-likeness (QED) is 0.309. The van der Waals surface area contributed by atoms with Gasteiger partial charge in [0.2, 0.25) is 0 Å². The van der Waals surface area contributed by atoms with Crippen LogP contribution in [0.1, 0.15) is 34.1 Å². The maximum atomic E-state index is 13.7. The molecule has 3 heterocycles. The van der Waals surface area contributed by atoms with Gasteiger partial charge in [0.1, 0.15) is 11.8 Å². The van der Waals surface area contributed by atoms with Crippen molar-refractivity contribution in [2.45, 2.75) is 32.9 Å². The fraction of sp³-hybridized carbons (Fsp3) is 0.312. The number of H-pyrrole nitrogens is 1. The number of ether oxygens (including phenoxy) is 1. The molecule has 0 amide bonds. The molecule has 0 saturated carbocycles. The van der Waals surface area contributed by atoms with E-state index in [1.54, 1.807) is 7.11 Å². The van der Waals surface area contributed by atoms with Crippen LogP contribution >= 0.6 is 0 Å². The Bertz CT molecular complexity index is 1690. The number of piperazine rings is 1. The number of aryl methyl sites for hydroxylation is 4. The average molecular weight is 550 g/mol. The SMILES string of the molecule is COc1ccc(N2CCN([C@@H](c3cc4ccc(C)c(C)c4[nH]c3=O)c3nnnn3CCc3ccccc3)CC2)cc1. The first-order valence-corrected chi connectivity index (χ1v) is 14.1. The monoisotopic (exact) mass is 549 g/mol. The van der Waals surface area contributed by atoms with Gasteiger partial charge in [0.25, 0.3) is 5.56 Å². The lowest BCUT2D eigenvalue weighted by Crippen LogP contribution is -2.49. The Morgan fingerprint density at radius 3 is 2.44 bits per heavy atom. The maximum Gasteiger partial charge on any atom is 0.253 e. The predicted octanol–water partition coefficient (Wildman–Crippen LogP) is 4.29. The zero-order chi connectivity index (χ0) is 28.3. The maximum absolute atomic E-state index is 13.7. The lowest BCUT2D eigenvalue weighted by Gasteiger charge is -2.39. The number of aromatic amines is 1. The first kappa shape index (κ1) is 26.7. The highest BCUT2D eigenvalue weighted by atomic mass is 16.5. The summed E-state index contributed by atoms with van der Waals surface area (Å²) < 4.78 is 7.19. The van der Waals surface area contributed by atoms with Gasteiger partial charge in [-0.2, -0.15) is 0 Å². The Morgan fingerprint density at radius 1 is 0.951 bits per heavy atom. The molecule has 0 bridgehead atoms. The molecule has 1 atom stereocenters. The molecular formula is C32H35N7O2. The molecule has 210 valence electrons. The van der Waals surface area contributed by atoms with Crippen molar-refractivity contribution < 1.29 is 4.74 Å². The number of methoxy groups -OCH3 is 1. The van der Waals surface area contributed by atoms with Crippen molar-refractivity contribution in [3.8, 4) is 5.75 Å². The van der Waals surface area contributed by atoms with Gasteiger partial charge in [0, 0.05) is 44.0 Å². The number of tetrazole rings is 1. The number of rotatable bonds is 8. The van der Waals surface area contributed by atoms with Gasteiger partial charge in [-0.25, -0.2) is 4.68 Å². The van der Waals surface area contributed by atoms with Crippen LogP contribution in [0.2, 0.25) is 0 Å². The van der Waals surface area contributed by atoms with Crippen molar-refractivity contribution in [1.82, 2.24) is 30.1 Å². The van der Waals surface area contributed by atoms with Crippen LogP contribution in [-0.2, 0) is 13.0 Å². The molecule has 1 fully saturated rings. The van der Waals surface area contributed by atoms with Crippen LogP contribution in [0, 0.1) is 13.8 Å². The van der Waals surface area contributed by atoms with Gasteiger partial charge in [0.15, 0.2) is 5.82 Å². The summed E-state index contributed by atoms with van der Waals surface area (Å²) >= 11 is 0. The third kappa shape index (κ3) is 5.45. The van der Waals surface area contributed by atoms with Crippen LogP contribution in [0.5, 0.6) is 5.75 Å². The van der Waals surface area contributed by atoms with Crippen LogP contribution in [0.3, 0.4) is 0 Å². The molecule has 9 heteroatoms. The van der Waals surface area contributed by atoms with E-state index in [2.05, 4.69) is 73.6 Å². The average Bonchev–Trinajstić information content (AvgIpc) is 3.48. The Morgan fingerprint density at radius 2 is 1.71 bits per heavy atom. The number of hydrogen-bond donors (Lipinski definition) is 1. The molecule has 0 spiro atoms. The molecule has 9 nitrogen and oxygen atoms in total. The van der Waals surface area contributed by atoms with E-state index in [1.165, 1.54) is 5.56 Å². The lowest BCUT2D eigenvalue weighted by molar-refractivity contribution is 0.199. The largest absolute Gasteiger partial charge is 0.497 e. The molecule has 1 aliphatic heterocycles. The summed E-state index contributed by atoms with van der Waals surface area (Å²) in [6.45, 7) is 7.88. The number of nitrogens with one attached hydrogen (secondary N) is 1. The summed E-state index contributed by atoms with van der Waals surface area (Å²) in [6.07, 6.45) is 0.795. The van der Waals surface area contributed by atoms with Crippen molar-refractivity contribution in [3.63, 3.8) is 0 Å². The highest BCUT2D eigenvalue weighted by Gasteiger charge is 2.33. The Hall–Kier alpha value is -4.50. The third-order valence-corrected chi connectivity index (χ3v) is 8.25. The number of fused-ring (bicyclic) bond motifs is 1. The molecule has 41 heavy (non-hydrogen) atoms. The lowest BCUT2D eigenvalue weighted by atomic mass is 9.99. The molecule has 1 N–H and O–H groups in total. The fourth-order valence-corrected chi connectivity index (χ4v) is 5.72. The molecule has 0 unspecified atom stereocenters. The zero-order valence-corrected chi connectivity index (χ0v) is 23.7. The molecular weight excluding hydrogens is 514 g/mol. The summed E-state index contributed by atoms with van der Waals surface area (Å²) in [5.74, 6) is 1.53. The van der Waals surface area contributed by atoms with Crippen molar-refractivity contribution in [1.29, 1.82) is 0 Å². The Balaban J connectivity index is 1.34. The minimum absolute atomic E-state index is 0.105. The van der Waals surface area contributed by atoms with E-state index in [0.29, 0.717) is 17.9 Å². The van der Waals surface area contributed by atoms with Crippen molar-refractivity contribution in [2.75, 3.05) is 38.2 Å². The van der Waals surface area contributed by atoms with Crippen LogP contribution in [0.4, 0.5) is 5.69 Å². The number of aromatic nitrogens is 5. The predicted molar refractivity (Wildman–Crippen MR) is 161 cm³/mol. The Kier molecular flexibility index (Phi) is 7.52. The number of pyridine rings is 1. The standard InChI is InChI=1S/C32H35N7O2/c1-22-9-10-25-21-28(32(40)33-29(25)23(22)2)30(31-34-35-36-39(31)16-15-24-7-5-4-6-8-24)38-19-17-37(18-20-38)26-11-13-27(41-3)14-12-26/h4-14,21,30H,15-20H2,1-3H3,(H,33,40)/t30-/m0/s1. The van der Waals surface area contributed by atoms with Gasteiger partial charge in [0.05, 0.1) is 12.6 Å². The molecule has 0 radical (unpaired) electrons. The van der Waals surface area contributed by atoms with E-state index < -0.39 is 0 Å². The second-order valence-corrected chi connectivity index (χ2v) is 10.6. The second-order valence-electron chi connectivity index (χ2n) is 10.6. The highest BCUT2D eigenvalue weighted by Crippen LogP contribution is 2.30. The zero-order valence-electron chi connectivity index (χ0n) is 23.7. The minimum atomic E-state index is -0.381. The van der Waals surface area contributed by atoms with E-state index in [-0.39, 0.29) is 11.6 Å². The van der Waals surface area contributed by atoms with Gasteiger partial charge >= 0.3 is 0 Å². The second kappa shape index (κ2) is 11.5. The third-order valence-electron chi connectivity index (χ3n) is 8.25. The first-order valence-electron chi connectivity index (χ1n) is 14.1. The van der Waals surface area contributed by atoms with Gasteiger partial charge < -0.3 is 14.6 Å². The molecule has 0 aliphatic carbocycles. The van der Waals surface area contributed by atoms with E-state index in [1.807, 2.05) is 48.0 Å².